The van der Waals surface area contributed by atoms with E-state index >= 15 is 0 Å². The number of amides is 1. The normalized spacial score (nSPS) is 15.8. The summed E-state index contributed by atoms with van der Waals surface area (Å²) >= 11 is 0. The summed E-state index contributed by atoms with van der Waals surface area (Å²) in [6.07, 6.45) is 1.06. The van der Waals surface area contributed by atoms with Crippen molar-refractivity contribution in [3.05, 3.63) is 35.9 Å². The summed E-state index contributed by atoms with van der Waals surface area (Å²) in [5.74, 6) is -0.437. The molecule has 0 unspecified atom stereocenters. The van der Waals surface area contributed by atoms with Gasteiger partial charge in [-0.05, 0) is 12.0 Å². The molecule has 0 saturated carbocycles. The molecule has 2 atom stereocenters. The zero-order chi connectivity index (χ0) is 13.8. The second-order valence-electron chi connectivity index (χ2n) is 5.07. The van der Waals surface area contributed by atoms with Crippen LogP contribution >= 0.6 is 0 Å². The average molecular weight is 249 g/mol. The Labute approximate surface area is 109 Å². The highest BCUT2D eigenvalue weighted by Crippen LogP contribution is 2.27. The molecule has 0 aliphatic heterocycles. The molecule has 1 aromatic carbocycles. The monoisotopic (exact) mass is 249 g/mol. The lowest BCUT2D eigenvalue weighted by atomic mass is 9.80. The van der Waals surface area contributed by atoms with Crippen molar-refractivity contribution in [2.45, 2.75) is 32.3 Å². The fourth-order valence-electron chi connectivity index (χ4n) is 2.15. The largest absolute Gasteiger partial charge is 0.389 e. The highest BCUT2D eigenvalue weighted by molar-refractivity contribution is 5.79. The van der Waals surface area contributed by atoms with Crippen LogP contribution in [0.25, 0.3) is 0 Å². The summed E-state index contributed by atoms with van der Waals surface area (Å²) in [5, 5.41) is 10.7. The molecule has 0 aromatic heterocycles. The predicted octanol–water partition coefficient (Wildman–Crippen LogP) is 2.09. The molecular formula is C15H23NO2. The summed E-state index contributed by atoms with van der Waals surface area (Å²) in [5.41, 5.74) is 0.0724. The molecule has 0 aliphatic rings. The Kier molecular flexibility index (Phi) is 4.91. The van der Waals surface area contributed by atoms with E-state index in [4.69, 9.17) is 0 Å². The van der Waals surface area contributed by atoms with Crippen molar-refractivity contribution in [3.8, 4) is 0 Å². The number of benzene rings is 1. The third-order valence-corrected chi connectivity index (χ3v) is 3.58. The number of nitrogens with zero attached hydrogens (tertiary/aromatic N) is 1. The molecule has 0 spiro atoms. The minimum atomic E-state index is -0.983. The van der Waals surface area contributed by atoms with Gasteiger partial charge in [-0.25, -0.2) is 0 Å². The van der Waals surface area contributed by atoms with E-state index in [2.05, 4.69) is 0 Å². The molecule has 3 heteroatoms. The Bertz CT molecular complexity index is 389. The van der Waals surface area contributed by atoms with Crippen LogP contribution in [-0.2, 0) is 11.2 Å². The Morgan fingerprint density at radius 1 is 1.33 bits per heavy atom. The second kappa shape index (κ2) is 6.01. The maximum absolute atomic E-state index is 12.0. The van der Waals surface area contributed by atoms with Crippen LogP contribution < -0.4 is 0 Å². The van der Waals surface area contributed by atoms with Crippen LogP contribution in [0.2, 0.25) is 0 Å². The van der Waals surface area contributed by atoms with Crippen molar-refractivity contribution < 1.29 is 9.90 Å². The van der Waals surface area contributed by atoms with Gasteiger partial charge in [0, 0.05) is 20.5 Å². The summed E-state index contributed by atoms with van der Waals surface area (Å²) in [6.45, 7) is 3.72. The van der Waals surface area contributed by atoms with E-state index in [-0.39, 0.29) is 5.91 Å². The summed E-state index contributed by atoms with van der Waals surface area (Å²) in [6, 6.07) is 9.80. The molecule has 0 radical (unpaired) electrons. The Hall–Kier alpha value is -1.35. The van der Waals surface area contributed by atoms with Gasteiger partial charge >= 0.3 is 0 Å². The van der Waals surface area contributed by atoms with E-state index in [1.54, 1.807) is 21.0 Å². The molecule has 100 valence electrons. The average Bonchev–Trinajstić information content (AvgIpc) is 2.37. The molecular weight excluding hydrogens is 226 g/mol. The van der Waals surface area contributed by atoms with E-state index in [1.165, 1.54) is 4.90 Å². The van der Waals surface area contributed by atoms with E-state index < -0.39 is 11.5 Å². The quantitative estimate of drug-likeness (QED) is 0.868. The molecule has 0 saturated heterocycles. The summed E-state index contributed by atoms with van der Waals surface area (Å²) in [7, 11) is 3.44. The minimum absolute atomic E-state index is 0.0321. The molecule has 1 amide bonds. The number of carbonyl (C=O) groups is 1. The van der Waals surface area contributed by atoms with E-state index in [0.717, 1.165) is 5.56 Å². The molecule has 0 fully saturated rings. The SMILES string of the molecule is CC[C@@](O)(Cc1ccccc1)[C@@H](C)C(=O)N(C)C. The molecule has 0 bridgehead atoms. The number of hydrogen-bond donors (Lipinski definition) is 1. The smallest absolute Gasteiger partial charge is 0.227 e. The Morgan fingerprint density at radius 2 is 1.89 bits per heavy atom. The van der Waals surface area contributed by atoms with Gasteiger partial charge in [0.05, 0.1) is 11.5 Å². The van der Waals surface area contributed by atoms with E-state index in [1.807, 2.05) is 37.3 Å². The zero-order valence-corrected chi connectivity index (χ0v) is 11.7. The van der Waals surface area contributed by atoms with E-state index in [9.17, 15) is 9.90 Å². The number of aliphatic hydroxyl groups is 1. The predicted molar refractivity (Wildman–Crippen MR) is 73.2 cm³/mol. The van der Waals surface area contributed by atoms with Crippen molar-refractivity contribution in [1.29, 1.82) is 0 Å². The van der Waals surface area contributed by atoms with E-state index in [0.29, 0.717) is 12.8 Å². The van der Waals surface area contributed by atoms with Crippen LogP contribution in [0.1, 0.15) is 25.8 Å². The van der Waals surface area contributed by atoms with Gasteiger partial charge in [0.1, 0.15) is 0 Å². The van der Waals surface area contributed by atoms with Crippen molar-refractivity contribution in [2.24, 2.45) is 5.92 Å². The van der Waals surface area contributed by atoms with Crippen LogP contribution in [0.5, 0.6) is 0 Å². The van der Waals surface area contributed by atoms with Crippen LogP contribution in [0.4, 0.5) is 0 Å². The summed E-state index contributed by atoms with van der Waals surface area (Å²) < 4.78 is 0. The van der Waals surface area contributed by atoms with Crippen molar-refractivity contribution in [2.75, 3.05) is 14.1 Å². The molecule has 1 aromatic rings. The van der Waals surface area contributed by atoms with Crippen LogP contribution in [0, 0.1) is 5.92 Å². The second-order valence-corrected chi connectivity index (χ2v) is 5.07. The first-order valence-electron chi connectivity index (χ1n) is 6.38. The third kappa shape index (κ3) is 3.33. The number of rotatable bonds is 5. The van der Waals surface area contributed by atoms with Crippen LogP contribution in [0.3, 0.4) is 0 Å². The minimum Gasteiger partial charge on any atom is -0.389 e. The molecule has 18 heavy (non-hydrogen) atoms. The number of carbonyl (C=O) groups excluding carboxylic acids is 1. The lowest BCUT2D eigenvalue weighted by Crippen LogP contribution is -2.46. The standard InChI is InChI=1S/C15H23NO2/c1-5-15(18,12(2)14(17)16(3)4)11-13-9-7-6-8-10-13/h6-10,12,18H,5,11H2,1-4H3/t12-,15+/m0/s1. The zero-order valence-electron chi connectivity index (χ0n) is 11.7. The highest BCUT2D eigenvalue weighted by Gasteiger charge is 2.37. The first kappa shape index (κ1) is 14.7. The Balaban J connectivity index is 2.88. The van der Waals surface area contributed by atoms with Crippen molar-refractivity contribution in [1.82, 2.24) is 4.90 Å². The highest BCUT2D eigenvalue weighted by atomic mass is 16.3. The molecule has 0 aliphatic carbocycles. The van der Waals surface area contributed by atoms with Gasteiger partial charge in [0.25, 0.3) is 0 Å². The molecule has 0 heterocycles. The van der Waals surface area contributed by atoms with Gasteiger partial charge in [-0.3, -0.25) is 4.79 Å². The first-order valence-corrected chi connectivity index (χ1v) is 6.38. The Morgan fingerprint density at radius 3 is 2.33 bits per heavy atom. The van der Waals surface area contributed by atoms with Gasteiger partial charge < -0.3 is 10.0 Å². The van der Waals surface area contributed by atoms with Gasteiger partial charge in [-0.1, -0.05) is 44.2 Å². The van der Waals surface area contributed by atoms with Gasteiger partial charge in [-0.2, -0.15) is 0 Å². The molecule has 1 rings (SSSR count). The van der Waals surface area contributed by atoms with Gasteiger partial charge in [0.15, 0.2) is 0 Å². The maximum Gasteiger partial charge on any atom is 0.227 e. The lowest BCUT2D eigenvalue weighted by molar-refractivity contribution is -0.142. The third-order valence-electron chi connectivity index (χ3n) is 3.58. The molecule has 3 nitrogen and oxygen atoms in total. The molecule has 1 N–H and O–H groups in total. The fraction of sp³-hybridized carbons (Fsp3) is 0.533. The van der Waals surface area contributed by atoms with Crippen molar-refractivity contribution in [3.63, 3.8) is 0 Å². The summed E-state index contributed by atoms with van der Waals surface area (Å²) in [4.78, 5) is 13.5. The van der Waals surface area contributed by atoms with Crippen LogP contribution in [0.15, 0.2) is 30.3 Å². The number of hydrogen-bond acceptors (Lipinski definition) is 2. The lowest BCUT2D eigenvalue weighted by Gasteiger charge is -2.34. The van der Waals surface area contributed by atoms with Gasteiger partial charge in [0.2, 0.25) is 5.91 Å². The first-order chi connectivity index (χ1) is 8.40. The topological polar surface area (TPSA) is 40.5 Å². The van der Waals surface area contributed by atoms with Crippen molar-refractivity contribution >= 4 is 5.91 Å². The van der Waals surface area contributed by atoms with Crippen LogP contribution in [-0.4, -0.2) is 35.6 Å². The fourth-order valence-corrected chi connectivity index (χ4v) is 2.15. The van der Waals surface area contributed by atoms with Gasteiger partial charge in [-0.15, -0.1) is 0 Å². The maximum atomic E-state index is 12.0.